The zero-order chi connectivity index (χ0) is 28.2. The first-order chi connectivity index (χ1) is 18.6. The van der Waals surface area contributed by atoms with Gasteiger partial charge in [0.25, 0.3) is 0 Å². The van der Waals surface area contributed by atoms with Gasteiger partial charge in [-0.2, -0.15) is 0 Å². The molecule has 2 amide bonds. The fraction of sp³-hybridized carbons (Fsp3) is 0.452. The number of ether oxygens (including phenoxy) is 3. The van der Waals surface area contributed by atoms with Gasteiger partial charge in [0.1, 0.15) is 29.2 Å². The van der Waals surface area contributed by atoms with Crippen LogP contribution in [0.15, 0.2) is 54.6 Å². The normalized spacial score (nSPS) is 17.0. The highest BCUT2D eigenvalue weighted by Crippen LogP contribution is 2.34. The number of aromatic nitrogens is 1. The number of carbonyl (C=O) groups excluding carboxylic acids is 2. The lowest BCUT2D eigenvalue weighted by atomic mass is 9.98. The van der Waals surface area contributed by atoms with Crippen LogP contribution in [0.4, 0.5) is 4.79 Å². The molecule has 1 saturated heterocycles. The summed E-state index contributed by atoms with van der Waals surface area (Å²) in [5, 5.41) is 3.69. The Morgan fingerprint density at radius 2 is 1.87 bits per heavy atom. The zero-order valence-corrected chi connectivity index (χ0v) is 23.7. The summed E-state index contributed by atoms with van der Waals surface area (Å²) in [7, 11) is 1.63. The molecule has 8 nitrogen and oxygen atoms in total. The lowest BCUT2D eigenvalue weighted by molar-refractivity contribution is -0.134. The van der Waals surface area contributed by atoms with Crippen LogP contribution in [0.25, 0.3) is 22.2 Å². The Labute approximate surface area is 230 Å². The fourth-order valence-electron chi connectivity index (χ4n) is 4.68. The SMILES string of the molecule is CCC(C)[C@H](NC(=O)OC(C)(C)C)C(=O)N1CCC(Oc2cc(-c3ccccc3)nc3cc(OC)ccc23)C1. The average molecular weight is 534 g/mol. The maximum atomic E-state index is 13.5. The number of methoxy groups -OCH3 is 1. The van der Waals surface area contributed by atoms with E-state index in [1.807, 2.05) is 68.4 Å². The Morgan fingerprint density at radius 3 is 2.54 bits per heavy atom. The van der Waals surface area contributed by atoms with E-state index in [0.29, 0.717) is 25.3 Å². The van der Waals surface area contributed by atoms with Gasteiger partial charge in [-0.05, 0) is 38.8 Å². The molecule has 4 rings (SSSR count). The molecular formula is C31H39N3O5. The predicted octanol–water partition coefficient (Wildman–Crippen LogP) is 5.83. The summed E-state index contributed by atoms with van der Waals surface area (Å²) in [4.78, 5) is 32.7. The molecule has 1 N–H and O–H groups in total. The third kappa shape index (κ3) is 6.99. The molecule has 1 fully saturated rings. The number of hydrogen-bond acceptors (Lipinski definition) is 6. The van der Waals surface area contributed by atoms with Gasteiger partial charge in [-0.15, -0.1) is 0 Å². The molecule has 0 radical (unpaired) electrons. The van der Waals surface area contributed by atoms with Gasteiger partial charge in [0, 0.05) is 36.0 Å². The molecule has 2 aromatic carbocycles. The molecule has 1 aromatic heterocycles. The van der Waals surface area contributed by atoms with Gasteiger partial charge in [-0.3, -0.25) is 4.79 Å². The average Bonchev–Trinajstić information content (AvgIpc) is 3.38. The van der Waals surface area contributed by atoms with Crippen LogP contribution in [-0.4, -0.2) is 59.8 Å². The second-order valence-corrected chi connectivity index (χ2v) is 11.1. The molecule has 1 aliphatic rings. The molecule has 0 bridgehead atoms. The largest absolute Gasteiger partial charge is 0.497 e. The monoisotopic (exact) mass is 533 g/mol. The lowest BCUT2D eigenvalue weighted by Gasteiger charge is -2.29. The molecule has 3 aromatic rings. The highest BCUT2D eigenvalue weighted by Gasteiger charge is 2.36. The van der Waals surface area contributed by atoms with Crippen molar-refractivity contribution in [2.75, 3.05) is 20.2 Å². The van der Waals surface area contributed by atoms with Gasteiger partial charge in [0.15, 0.2) is 0 Å². The van der Waals surface area contributed by atoms with E-state index in [9.17, 15) is 9.59 Å². The first-order valence-corrected chi connectivity index (χ1v) is 13.6. The highest BCUT2D eigenvalue weighted by atomic mass is 16.6. The van der Waals surface area contributed by atoms with E-state index in [1.54, 1.807) is 32.8 Å². The van der Waals surface area contributed by atoms with E-state index in [-0.39, 0.29) is 17.9 Å². The van der Waals surface area contributed by atoms with Crippen LogP contribution >= 0.6 is 0 Å². The summed E-state index contributed by atoms with van der Waals surface area (Å²) in [5.41, 5.74) is 1.92. The van der Waals surface area contributed by atoms with E-state index in [4.69, 9.17) is 19.2 Å². The Bertz CT molecular complexity index is 1300. The number of alkyl carbamates (subject to hydrolysis) is 1. The molecule has 39 heavy (non-hydrogen) atoms. The predicted molar refractivity (Wildman–Crippen MR) is 152 cm³/mol. The van der Waals surface area contributed by atoms with Gasteiger partial charge in [-0.1, -0.05) is 50.6 Å². The number of carbonyl (C=O) groups is 2. The Balaban J connectivity index is 1.54. The van der Waals surface area contributed by atoms with E-state index < -0.39 is 17.7 Å². The Hall–Kier alpha value is -3.81. The number of hydrogen-bond donors (Lipinski definition) is 1. The van der Waals surface area contributed by atoms with Gasteiger partial charge in [0.05, 0.1) is 24.9 Å². The lowest BCUT2D eigenvalue weighted by Crippen LogP contribution is -2.52. The number of benzene rings is 2. The summed E-state index contributed by atoms with van der Waals surface area (Å²) in [6.45, 7) is 10.4. The number of nitrogens with one attached hydrogen (secondary N) is 1. The van der Waals surface area contributed by atoms with E-state index in [1.165, 1.54) is 0 Å². The second kappa shape index (κ2) is 11.9. The van der Waals surface area contributed by atoms with Crippen LogP contribution in [0.2, 0.25) is 0 Å². The van der Waals surface area contributed by atoms with Crippen LogP contribution in [-0.2, 0) is 9.53 Å². The minimum absolute atomic E-state index is 0.0439. The van der Waals surface area contributed by atoms with E-state index >= 15 is 0 Å². The van der Waals surface area contributed by atoms with E-state index in [0.717, 1.165) is 34.3 Å². The summed E-state index contributed by atoms with van der Waals surface area (Å²) in [5.74, 6) is 1.27. The molecule has 2 unspecified atom stereocenters. The summed E-state index contributed by atoms with van der Waals surface area (Å²) < 4.78 is 17.4. The van der Waals surface area contributed by atoms with E-state index in [2.05, 4.69) is 5.32 Å². The van der Waals surface area contributed by atoms with Crippen molar-refractivity contribution in [3.63, 3.8) is 0 Å². The molecule has 8 heteroatoms. The Morgan fingerprint density at radius 1 is 1.13 bits per heavy atom. The van der Waals surface area contributed by atoms with Crippen molar-refractivity contribution in [1.29, 1.82) is 0 Å². The molecule has 0 saturated carbocycles. The van der Waals surface area contributed by atoms with Crippen LogP contribution in [0, 0.1) is 5.92 Å². The van der Waals surface area contributed by atoms with Crippen molar-refractivity contribution < 1.29 is 23.8 Å². The zero-order valence-electron chi connectivity index (χ0n) is 23.7. The third-order valence-corrected chi connectivity index (χ3v) is 6.95. The van der Waals surface area contributed by atoms with Gasteiger partial charge in [0.2, 0.25) is 5.91 Å². The number of pyridine rings is 1. The molecule has 0 spiro atoms. The molecule has 2 heterocycles. The van der Waals surface area contributed by atoms with Crippen molar-refractivity contribution >= 4 is 22.9 Å². The minimum atomic E-state index is -0.664. The number of fused-ring (bicyclic) bond motifs is 1. The number of amides is 2. The summed E-state index contributed by atoms with van der Waals surface area (Å²) in [6, 6.07) is 17.0. The number of rotatable bonds is 8. The summed E-state index contributed by atoms with van der Waals surface area (Å²) in [6.07, 6.45) is 0.658. The topological polar surface area (TPSA) is 90.0 Å². The van der Waals surface area contributed by atoms with Gasteiger partial charge in [-0.25, -0.2) is 9.78 Å². The smallest absolute Gasteiger partial charge is 0.408 e. The first-order valence-electron chi connectivity index (χ1n) is 13.6. The quantitative estimate of drug-likeness (QED) is 0.392. The summed E-state index contributed by atoms with van der Waals surface area (Å²) >= 11 is 0. The fourth-order valence-corrected chi connectivity index (χ4v) is 4.68. The molecular weight excluding hydrogens is 494 g/mol. The number of likely N-dealkylation sites (tertiary alicyclic amines) is 1. The van der Waals surface area contributed by atoms with Crippen molar-refractivity contribution in [2.24, 2.45) is 5.92 Å². The van der Waals surface area contributed by atoms with Gasteiger partial charge >= 0.3 is 6.09 Å². The van der Waals surface area contributed by atoms with Crippen LogP contribution < -0.4 is 14.8 Å². The molecule has 0 aliphatic carbocycles. The van der Waals surface area contributed by atoms with Crippen molar-refractivity contribution in [2.45, 2.75) is 65.2 Å². The van der Waals surface area contributed by atoms with Crippen molar-refractivity contribution in [3.05, 3.63) is 54.6 Å². The third-order valence-electron chi connectivity index (χ3n) is 6.95. The van der Waals surface area contributed by atoms with Crippen LogP contribution in [0.1, 0.15) is 47.5 Å². The van der Waals surface area contributed by atoms with Crippen molar-refractivity contribution in [3.8, 4) is 22.8 Å². The first kappa shape index (κ1) is 28.2. The van der Waals surface area contributed by atoms with Gasteiger partial charge < -0.3 is 24.4 Å². The van der Waals surface area contributed by atoms with Crippen molar-refractivity contribution in [1.82, 2.24) is 15.2 Å². The highest BCUT2D eigenvalue weighted by molar-refractivity contribution is 5.89. The second-order valence-electron chi connectivity index (χ2n) is 11.1. The number of nitrogens with zero attached hydrogens (tertiary/aromatic N) is 2. The maximum Gasteiger partial charge on any atom is 0.408 e. The molecule has 1 aliphatic heterocycles. The Kier molecular flexibility index (Phi) is 8.63. The standard InChI is InChI=1S/C31H39N3O5/c1-7-20(2)28(33-30(36)39-31(3,4)5)29(35)34-16-15-23(19-34)38-27-18-25(21-11-9-8-10-12-21)32-26-17-22(37-6)13-14-24(26)27/h8-14,17-18,20,23,28H,7,15-16,19H2,1-6H3,(H,33,36)/t20?,23?,28-/m0/s1. The maximum absolute atomic E-state index is 13.5. The van der Waals surface area contributed by atoms with Crippen LogP contribution in [0.3, 0.4) is 0 Å². The molecule has 208 valence electrons. The minimum Gasteiger partial charge on any atom is -0.497 e. The van der Waals surface area contributed by atoms with Crippen LogP contribution in [0.5, 0.6) is 11.5 Å². The molecule has 3 atom stereocenters.